The Hall–Kier alpha value is -4.61. The summed E-state index contributed by atoms with van der Waals surface area (Å²) in [7, 11) is 0. The molecule has 58 heavy (non-hydrogen) atoms. The van der Waals surface area contributed by atoms with E-state index >= 15 is 0 Å². The molecule has 0 atom stereocenters. The van der Waals surface area contributed by atoms with Gasteiger partial charge in [0.2, 0.25) is 0 Å². The number of phenolic OH excluding ortho intramolecular Hbond substituents is 3. The third-order valence-corrected chi connectivity index (χ3v) is 10.7. The molecular formula is C53H66O4Ti. The maximum atomic E-state index is 9.91. The predicted molar refractivity (Wildman–Crippen MR) is 240 cm³/mol. The minimum absolute atomic E-state index is 0. The van der Waals surface area contributed by atoms with Crippen LogP contribution in [0, 0.1) is 5.92 Å². The molecule has 0 spiro atoms. The maximum absolute atomic E-state index is 9.91. The van der Waals surface area contributed by atoms with Crippen molar-refractivity contribution in [1.82, 2.24) is 0 Å². The first-order chi connectivity index (χ1) is 27.1. The molecule has 5 heteroatoms. The van der Waals surface area contributed by atoms with Crippen LogP contribution in [0.4, 0.5) is 0 Å². The van der Waals surface area contributed by atoms with E-state index in [1.54, 1.807) is 18.2 Å². The summed E-state index contributed by atoms with van der Waals surface area (Å²) in [5.41, 5.74) is 5.97. The number of aromatic hydroxyl groups is 3. The van der Waals surface area contributed by atoms with Crippen LogP contribution in [0.1, 0.15) is 114 Å². The third-order valence-electron chi connectivity index (χ3n) is 10.7. The summed E-state index contributed by atoms with van der Waals surface area (Å²) in [6.45, 7) is 17.6. The second kappa shape index (κ2) is 24.3. The number of rotatable bonds is 11. The van der Waals surface area contributed by atoms with Crippen molar-refractivity contribution in [3.05, 3.63) is 197 Å². The molecule has 0 amide bonds. The molecule has 4 N–H and O–H groups in total. The molecule has 0 fully saturated rings. The number of hydrogen-bond acceptors (Lipinski definition) is 4. The first-order valence-corrected chi connectivity index (χ1v) is 20.3. The summed E-state index contributed by atoms with van der Waals surface area (Å²) in [4.78, 5) is 0. The fourth-order valence-corrected chi connectivity index (χ4v) is 6.88. The standard InChI is InChI=1S/3C15H16O.C8H18O.Ti/c3*1-15(2,12-8-4-3-5-9-12)13-10-6-7-11-14(13)16;1-8(2)6-4-3-5-7-9;/h3*3-11,16H,1-2H3;8-9H,3-7H2,1-2H3;. The van der Waals surface area contributed by atoms with Crippen molar-refractivity contribution in [2.24, 2.45) is 5.92 Å². The average Bonchev–Trinajstić information content (AvgIpc) is 3.21. The number of phenols is 3. The predicted octanol–water partition coefficient (Wildman–Crippen LogP) is 13.3. The zero-order valence-electron chi connectivity index (χ0n) is 36.0. The van der Waals surface area contributed by atoms with Crippen LogP contribution in [0.15, 0.2) is 164 Å². The van der Waals surface area contributed by atoms with Gasteiger partial charge >= 0.3 is 0 Å². The summed E-state index contributed by atoms with van der Waals surface area (Å²) < 4.78 is 0. The van der Waals surface area contributed by atoms with Crippen molar-refractivity contribution in [3.8, 4) is 17.2 Å². The van der Waals surface area contributed by atoms with Crippen molar-refractivity contribution in [2.45, 2.75) is 97.3 Å². The molecule has 0 aliphatic rings. The normalized spacial score (nSPS) is 11.1. The van der Waals surface area contributed by atoms with Crippen LogP contribution < -0.4 is 0 Å². The Kier molecular flexibility index (Phi) is 20.8. The second-order valence-electron chi connectivity index (χ2n) is 16.5. The molecule has 0 aliphatic carbocycles. The fraction of sp³-hybridized carbons (Fsp3) is 0.321. The van der Waals surface area contributed by atoms with Crippen molar-refractivity contribution < 1.29 is 42.1 Å². The van der Waals surface area contributed by atoms with Gasteiger partial charge in [-0.15, -0.1) is 0 Å². The van der Waals surface area contributed by atoms with E-state index in [2.05, 4.69) is 91.8 Å². The van der Waals surface area contributed by atoms with Crippen LogP contribution in [0.3, 0.4) is 0 Å². The maximum Gasteiger partial charge on any atom is 0.119 e. The molecule has 0 heterocycles. The molecule has 0 aromatic heterocycles. The zero-order valence-corrected chi connectivity index (χ0v) is 37.6. The minimum Gasteiger partial charge on any atom is -0.508 e. The number of benzene rings is 6. The Bertz CT molecular complexity index is 1780. The second-order valence-corrected chi connectivity index (χ2v) is 16.5. The van der Waals surface area contributed by atoms with E-state index in [1.807, 2.05) is 109 Å². The van der Waals surface area contributed by atoms with Gasteiger partial charge in [-0.2, -0.15) is 0 Å². The van der Waals surface area contributed by atoms with Gasteiger partial charge in [0.15, 0.2) is 0 Å². The molecule has 0 saturated heterocycles. The molecule has 6 rings (SSSR count). The number of hydrogen-bond donors (Lipinski definition) is 4. The van der Waals surface area contributed by atoms with Gasteiger partial charge in [-0.25, -0.2) is 0 Å². The van der Waals surface area contributed by atoms with Crippen LogP contribution >= 0.6 is 0 Å². The monoisotopic (exact) mass is 814 g/mol. The molecular weight excluding hydrogens is 748 g/mol. The molecule has 0 saturated carbocycles. The molecule has 6 aromatic carbocycles. The fourth-order valence-electron chi connectivity index (χ4n) is 6.88. The van der Waals surface area contributed by atoms with Gasteiger partial charge in [0.1, 0.15) is 17.2 Å². The largest absolute Gasteiger partial charge is 0.508 e. The van der Waals surface area contributed by atoms with E-state index in [1.165, 1.54) is 36.0 Å². The topological polar surface area (TPSA) is 80.9 Å². The molecule has 0 unspecified atom stereocenters. The van der Waals surface area contributed by atoms with Gasteiger partial charge in [-0.3, -0.25) is 0 Å². The third kappa shape index (κ3) is 14.6. The van der Waals surface area contributed by atoms with E-state index in [-0.39, 0.29) is 38.0 Å². The minimum atomic E-state index is -0.174. The molecule has 0 radical (unpaired) electrons. The van der Waals surface area contributed by atoms with Crippen molar-refractivity contribution >= 4 is 0 Å². The van der Waals surface area contributed by atoms with Gasteiger partial charge in [0.25, 0.3) is 0 Å². The smallest absolute Gasteiger partial charge is 0.119 e. The summed E-state index contributed by atoms with van der Waals surface area (Å²) in [5, 5.41) is 38.2. The SMILES string of the molecule is CC(C)(c1ccccc1)c1ccccc1O.CC(C)(c1ccccc1)c1ccccc1O.CC(C)(c1ccccc1)c1ccccc1O.CC(C)CCCCCO.[Ti]. The Balaban J connectivity index is 0.000000271. The Morgan fingerprint density at radius 1 is 0.379 bits per heavy atom. The Morgan fingerprint density at radius 2 is 0.638 bits per heavy atom. The van der Waals surface area contributed by atoms with Crippen LogP contribution in [-0.4, -0.2) is 27.0 Å². The summed E-state index contributed by atoms with van der Waals surface area (Å²) in [5.74, 6) is 1.90. The van der Waals surface area contributed by atoms with E-state index in [4.69, 9.17) is 5.11 Å². The Labute approximate surface area is 364 Å². The van der Waals surface area contributed by atoms with Crippen molar-refractivity contribution in [1.29, 1.82) is 0 Å². The van der Waals surface area contributed by atoms with Gasteiger partial charge in [-0.05, 0) is 47.2 Å². The first kappa shape index (κ1) is 49.5. The molecule has 4 nitrogen and oxygen atoms in total. The number of unbranched alkanes of at least 4 members (excludes halogenated alkanes) is 2. The van der Waals surface area contributed by atoms with Crippen LogP contribution in [0.5, 0.6) is 17.2 Å². The van der Waals surface area contributed by atoms with E-state index < -0.39 is 0 Å². The van der Waals surface area contributed by atoms with Crippen LogP contribution in [0.2, 0.25) is 0 Å². The van der Waals surface area contributed by atoms with E-state index in [0.29, 0.717) is 23.9 Å². The summed E-state index contributed by atoms with van der Waals surface area (Å²) >= 11 is 0. The number of para-hydroxylation sites is 3. The van der Waals surface area contributed by atoms with E-state index in [9.17, 15) is 15.3 Å². The van der Waals surface area contributed by atoms with Crippen LogP contribution in [-0.2, 0) is 38.0 Å². The summed E-state index contributed by atoms with van der Waals surface area (Å²) in [6, 6.07) is 53.2. The molecule has 306 valence electrons. The quantitative estimate of drug-likeness (QED) is 0.0776. The summed E-state index contributed by atoms with van der Waals surface area (Å²) in [6.07, 6.45) is 4.75. The molecule has 0 aliphatic heterocycles. The van der Waals surface area contributed by atoms with Crippen molar-refractivity contribution in [2.75, 3.05) is 6.61 Å². The van der Waals surface area contributed by atoms with Gasteiger partial charge < -0.3 is 20.4 Å². The zero-order chi connectivity index (χ0) is 41.9. The first-order valence-electron chi connectivity index (χ1n) is 20.3. The van der Waals surface area contributed by atoms with E-state index in [0.717, 1.165) is 29.0 Å². The van der Waals surface area contributed by atoms with Crippen molar-refractivity contribution in [3.63, 3.8) is 0 Å². The number of aliphatic hydroxyl groups is 1. The number of aliphatic hydroxyl groups excluding tert-OH is 1. The van der Waals surface area contributed by atoms with Gasteiger partial charge in [0.05, 0.1) is 0 Å². The van der Waals surface area contributed by atoms with Gasteiger partial charge in [-0.1, -0.05) is 220 Å². The van der Waals surface area contributed by atoms with Crippen LogP contribution in [0.25, 0.3) is 0 Å². The average molecular weight is 815 g/mol. The van der Waals surface area contributed by atoms with Gasteiger partial charge in [0, 0.05) is 61.3 Å². The Morgan fingerprint density at radius 3 is 0.879 bits per heavy atom. The molecule has 6 aromatic rings. The molecule has 0 bridgehead atoms.